The summed E-state index contributed by atoms with van der Waals surface area (Å²) in [5.41, 5.74) is 0.251. The molecule has 1 aromatic rings. The summed E-state index contributed by atoms with van der Waals surface area (Å²) in [7, 11) is 2.30. The molecular formula is C16H12O7. The number of ketones is 1. The van der Waals surface area contributed by atoms with Crippen LogP contribution >= 0.6 is 0 Å². The SMILES string of the molecule is COC(=O)C1=C(C(=O)OC)[C@H]2Oc3ccccc3C(=O)C2=CO1. The molecule has 1 atom stereocenters. The Morgan fingerprint density at radius 2 is 1.78 bits per heavy atom. The summed E-state index contributed by atoms with van der Waals surface area (Å²) in [6, 6.07) is 6.60. The summed E-state index contributed by atoms with van der Waals surface area (Å²) in [5, 5.41) is 0. The molecule has 0 fully saturated rings. The second-order valence-electron chi connectivity index (χ2n) is 4.74. The van der Waals surface area contributed by atoms with E-state index in [2.05, 4.69) is 9.47 Å². The lowest BCUT2D eigenvalue weighted by atomic mass is 9.90. The Kier molecular flexibility index (Phi) is 3.61. The van der Waals surface area contributed by atoms with Gasteiger partial charge in [-0.1, -0.05) is 12.1 Å². The number of fused-ring (bicyclic) bond motifs is 2. The van der Waals surface area contributed by atoms with Gasteiger partial charge in [-0.15, -0.1) is 0 Å². The number of para-hydroxylation sites is 1. The number of ether oxygens (including phenoxy) is 4. The number of esters is 2. The normalized spacial score (nSPS) is 18.8. The third-order valence-electron chi connectivity index (χ3n) is 3.51. The molecule has 1 aromatic carbocycles. The minimum atomic E-state index is -1.09. The molecule has 2 aliphatic heterocycles. The van der Waals surface area contributed by atoms with Gasteiger partial charge < -0.3 is 18.9 Å². The lowest BCUT2D eigenvalue weighted by Gasteiger charge is -2.31. The Morgan fingerprint density at radius 1 is 1.09 bits per heavy atom. The molecular weight excluding hydrogens is 304 g/mol. The van der Waals surface area contributed by atoms with Gasteiger partial charge in [0.15, 0.2) is 11.9 Å². The molecule has 0 spiro atoms. The van der Waals surface area contributed by atoms with Crippen molar-refractivity contribution in [1.29, 1.82) is 0 Å². The quantitative estimate of drug-likeness (QED) is 0.756. The number of rotatable bonds is 2. The minimum absolute atomic E-state index is 0.108. The first-order chi connectivity index (χ1) is 11.1. The Balaban J connectivity index is 2.14. The Hall–Kier alpha value is -3.09. The van der Waals surface area contributed by atoms with Gasteiger partial charge in [-0.3, -0.25) is 4.79 Å². The summed E-state index contributed by atoms with van der Waals surface area (Å²) >= 11 is 0. The van der Waals surface area contributed by atoms with Crippen molar-refractivity contribution < 1.29 is 33.3 Å². The van der Waals surface area contributed by atoms with Crippen molar-refractivity contribution in [3.05, 3.63) is 53.0 Å². The fourth-order valence-electron chi connectivity index (χ4n) is 2.42. The predicted octanol–water partition coefficient (Wildman–Crippen LogP) is 1.14. The molecule has 0 aromatic heterocycles. The fraction of sp³-hybridized carbons (Fsp3) is 0.188. The Labute approximate surface area is 131 Å². The van der Waals surface area contributed by atoms with Gasteiger partial charge in [0.25, 0.3) is 0 Å². The van der Waals surface area contributed by atoms with Crippen molar-refractivity contribution in [3.63, 3.8) is 0 Å². The maximum atomic E-state index is 12.5. The molecule has 23 heavy (non-hydrogen) atoms. The van der Waals surface area contributed by atoms with Gasteiger partial charge in [0.2, 0.25) is 5.76 Å². The zero-order valence-electron chi connectivity index (χ0n) is 12.3. The summed E-state index contributed by atoms with van der Waals surface area (Å²) in [5.74, 6) is -2.10. The minimum Gasteiger partial charge on any atom is -0.480 e. The van der Waals surface area contributed by atoms with Gasteiger partial charge in [0, 0.05) is 0 Å². The zero-order valence-corrected chi connectivity index (χ0v) is 12.3. The highest BCUT2D eigenvalue weighted by Crippen LogP contribution is 2.37. The average Bonchev–Trinajstić information content (AvgIpc) is 2.59. The van der Waals surface area contributed by atoms with Crippen LogP contribution in [-0.4, -0.2) is 38.0 Å². The molecule has 7 heteroatoms. The van der Waals surface area contributed by atoms with E-state index in [1.165, 1.54) is 0 Å². The van der Waals surface area contributed by atoms with Gasteiger partial charge in [-0.25, -0.2) is 9.59 Å². The smallest absolute Gasteiger partial charge is 0.374 e. The van der Waals surface area contributed by atoms with E-state index < -0.39 is 18.0 Å². The molecule has 0 N–H and O–H groups in total. The molecule has 0 amide bonds. The fourth-order valence-corrected chi connectivity index (χ4v) is 2.42. The Bertz CT molecular complexity index is 772. The van der Waals surface area contributed by atoms with Crippen LogP contribution in [0.4, 0.5) is 0 Å². The summed E-state index contributed by atoms with van der Waals surface area (Å²) in [4.78, 5) is 36.4. The second-order valence-corrected chi connectivity index (χ2v) is 4.74. The number of Topliss-reactive ketones (excluding diaryl/α,β-unsaturated/α-hetero) is 1. The maximum Gasteiger partial charge on any atom is 0.374 e. The van der Waals surface area contributed by atoms with E-state index in [0.717, 1.165) is 20.5 Å². The van der Waals surface area contributed by atoms with Crippen LogP contribution in [0, 0.1) is 0 Å². The van der Waals surface area contributed by atoms with E-state index in [0.29, 0.717) is 11.3 Å². The molecule has 3 rings (SSSR count). The van der Waals surface area contributed by atoms with E-state index in [1.54, 1.807) is 24.3 Å². The third kappa shape index (κ3) is 2.26. The molecule has 0 saturated heterocycles. The van der Waals surface area contributed by atoms with E-state index in [4.69, 9.17) is 9.47 Å². The van der Waals surface area contributed by atoms with Gasteiger partial charge in [-0.2, -0.15) is 0 Å². The van der Waals surface area contributed by atoms with Crippen molar-refractivity contribution >= 4 is 17.7 Å². The van der Waals surface area contributed by atoms with Gasteiger partial charge in [-0.05, 0) is 12.1 Å². The van der Waals surface area contributed by atoms with Crippen molar-refractivity contribution in [2.45, 2.75) is 6.10 Å². The highest BCUT2D eigenvalue weighted by atomic mass is 16.6. The topological polar surface area (TPSA) is 88.1 Å². The standard InChI is InChI=1S/C16H12O7/c1-20-15(18)11-13-9(7-22-14(11)16(19)21-2)12(17)8-5-3-4-6-10(8)23-13/h3-7,13H,1-2H3/t13-/m0/s1. The van der Waals surface area contributed by atoms with Gasteiger partial charge in [0.1, 0.15) is 17.6 Å². The predicted molar refractivity (Wildman–Crippen MR) is 75.4 cm³/mol. The number of hydrogen-bond acceptors (Lipinski definition) is 7. The summed E-state index contributed by atoms with van der Waals surface area (Å²) in [6.07, 6.45) is 0.00875. The third-order valence-corrected chi connectivity index (χ3v) is 3.51. The van der Waals surface area contributed by atoms with Gasteiger partial charge in [0.05, 0.1) is 25.4 Å². The first kappa shape index (κ1) is 14.8. The van der Waals surface area contributed by atoms with Crippen molar-refractivity contribution in [1.82, 2.24) is 0 Å². The van der Waals surface area contributed by atoms with E-state index >= 15 is 0 Å². The molecule has 0 aliphatic carbocycles. The summed E-state index contributed by atoms with van der Waals surface area (Å²) in [6.45, 7) is 0. The Morgan fingerprint density at radius 3 is 2.48 bits per heavy atom. The maximum absolute atomic E-state index is 12.5. The number of carbonyl (C=O) groups is 3. The van der Waals surface area contributed by atoms with E-state index in [9.17, 15) is 14.4 Å². The zero-order chi connectivity index (χ0) is 16.6. The molecule has 0 unspecified atom stereocenters. The summed E-state index contributed by atoms with van der Waals surface area (Å²) < 4.78 is 20.2. The first-order valence-corrected chi connectivity index (χ1v) is 6.66. The highest BCUT2D eigenvalue weighted by Gasteiger charge is 2.44. The lowest BCUT2D eigenvalue weighted by Crippen LogP contribution is -2.39. The number of hydrogen-bond donors (Lipinski definition) is 0. The molecule has 0 saturated carbocycles. The number of carbonyl (C=O) groups excluding carboxylic acids is 3. The van der Waals surface area contributed by atoms with Crippen molar-refractivity contribution in [3.8, 4) is 5.75 Å². The van der Waals surface area contributed by atoms with Crippen LogP contribution in [0.1, 0.15) is 10.4 Å². The first-order valence-electron chi connectivity index (χ1n) is 6.66. The van der Waals surface area contributed by atoms with Crippen molar-refractivity contribution in [2.75, 3.05) is 14.2 Å². The molecule has 7 nitrogen and oxygen atoms in total. The molecule has 118 valence electrons. The van der Waals surface area contributed by atoms with Crippen molar-refractivity contribution in [2.24, 2.45) is 0 Å². The highest BCUT2D eigenvalue weighted by molar-refractivity contribution is 6.14. The van der Waals surface area contributed by atoms with E-state index in [-0.39, 0.29) is 22.7 Å². The second kappa shape index (κ2) is 5.60. The molecule has 2 heterocycles. The van der Waals surface area contributed by atoms with E-state index in [1.807, 2.05) is 0 Å². The number of benzene rings is 1. The van der Waals surface area contributed by atoms with Crippen LogP contribution in [0.25, 0.3) is 0 Å². The lowest BCUT2D eigenvalue weighted by molar-refractivity contribution is -0.142. The number of methoxy groups -OCH3 is 2. The average molecular weight is 316 g/mol. The molecule has 2 aliphatic rings. The van der Waals surface area contributed by atoms with Crippen LogP contribution in [-0.2, 0) is 23.8 Å². The van der Waals surface area contributed by atoms with Crippen LogP contribution in [0.15, 0.2) is 47.4 Å². The van der Waals surface area contributed by atoms with Crippen LogP contribution in [0.3, 0.4) is 0 Å². The van der Waals surface area contributed by atoms with Crippen LogP contribution < -0.4 is 4.74 Å². The largest absolute Gasteiger partial charge is 0.480 e. The van der Waals surface area contributed by atoms with Gasteiger partial charge >= 0.3 is 11.9 Å². The molecule has 0 radical (unpaired) electrons. The van der Waals surface area contributed by atoms with Crippen LogP contribution in [0.5, 0.6) is 5.75 Å². The monoisotopic (exact) mass is 316 g/mol. The van der Waals surface area contributed by atoms with Crippen LogP contribution in [0.2, 0.25) is 0 Å². The molecule has 0 bridgehead atoms.